The van der Waals surface area contributed by atoms with Crippen molar-refractivity contribution in [1.82, 2.24) is 0 Å². The van der Waals surface area contributed by atoms with Crippen LogP contribution in [-0.4, -0.2) is 5.78 Å². The molecule has 0 aromatic heterocycles. The van der Waals surface area contributed by atoms with Crippen molar-refractivity contribution in [2.75, 3.05) is 0 Å². The summed E-state index contributed by atoms with van der Waals surface area (Å²) in [5.74, 6) is 0.213. The normalized spacial score (nSPS) is 31.8. The number of carbonyl (C=O) groups excluding carboxylic acids is 1. The van der Waals surface area contributed by atoms with Gasteiger partial charge in [-0.2, -0.15) is 5.26 Å². The minimum atomic E-state index is -0.0995. The van der Waals surface area contributed by atoms with Crippen LogP contribution in [0.1, 0.15) is 13.3 Å². The zero-order chi connectivity index (χ0) is 7.56. The minimum absolute atomic E-state index is 0.0738. The van der Waals surface area contributed by atoms with Crippen LogP contribution < -0.4 is 0 Å². The molecule has 0 saturated heterocycles. The van der Waals surface area contributed by atoms with Crippen molar-refractivity contribution >= 4 is 5.78 Å². The van der Waals surface area contributed by atoms with Crippen molar-refractivity contribution in [2.24, 2.45) is 11.8 Å². The molecular formula is C8H9NO. The molecule has 0 amide bonds. The fraction of sp³-hybridized carbons (Fsp3) is 0.500. The average Bonchev–Trinajstić information content (AvgIpc) is 1.94. The third-order valence-corrected chi connectivity index (χ3v) is 1.81. The van der Waals surface area contributed by atoms with E-state index in [0.29, 0.717) is 6.42 Å². The van der Waals surface area contributed by atoms with Gasteiger partial charge < -0.3 is 0 Å². The first kappa shape index (κ1) is 7.01. The molecule has 0 spiro atoms. The van der Waals surface area contributed by atoms with Gasteiger partial charge in [-0.25, -0.2) is 0 Å². The second-order valence-corrected chi connectivity index (χ2v) is 2.62. The Labute approximate surface area is 60.2 Å². The topological polar surface area (TPSA) is 40.9 Å². The highest BCUT2D eigenvalue weighted by Gasteiger charge is 2.20. The number of hydrogen-bond acceptors (Lipinski definition) is 2. The lowest BCUT2D eigenvalue weighted by atomic mass is 9.86. The summed E-state index contributed by atoms with van der Waals surface area (Å²) in [5, 5.41) is 8.54. The summed E-state index contributed by atoms with van der Waals surface area (Å²) in [7, 11) is 0. The summed E-state index contributed by atoms with van der Waals surface area (Å²) in [5.41, 5.74) is 0. The molecular weight excluding hydrogens is 126 g/mol. The van der Waals surface area contributed by atoms with E-state index in [1.165, 1.54) is 0 Å². The van der Waals surface area contributed by atoms with E-state index >= 15 is 0 Å². The first-order chi connectivity index (χ1) is 4.74. The molecule has 0 N–H and O–H groups in total. The third kappa shape index (κ3) is 1.24. The molecule has 1 rings (SSSR count). The van der Waals surface area contributed by atoms with Crippen LogP contribution in [0.5, 0.6) is 0 Å². The van der Waals surface area contributed by atoms with Gasteiger partial charge in [0.2, 0.25) is 0 Å². The molecule has 2 heteroatoms. The van der Waals surface area contributed by atoms with E-state index in [0.717, 1.165) is 0 Å². The maximum atomic E-state index is 10.7. The van der Waals surface area contributed by atoms with Crippen molar-refractivity contribution in [3.63, 3.8) is 0 Å². The highest BCUT2D eigenvalue weighted by atomic mass is 16.1. The van der Waals surface area contributed by atoms with Crippen LogP contribution in [0.2, 0.25) is 0 Å². The van der Waals surface area contributed by atoms with E-state index in [-0.39, 0.29) is 17.6 Å². The lowest BCUT2D eigenvalue weighted by molar-refractivity contribution is -0.115. The Morgan fingerprint density at radius 1 is 1.80 bits per heavy atom. The number of hydrogen-bond donors (Lipinski definition) is 0. The smallest absolute Gasteiger partial charge is 0.156 e. The molecule has 52 valence electrons. The van der Waals surface area contributed by atoms with Crippen molar-refractivity contribution in [2.45, 2.75) is 13.3 Å². The van der Waals surface area contributed by atoms with Crippen molar-refractivity contribution < 1.29 is 4.79 Å². The molecule has 0 saturated carbocycles. The molecule has 0 radical (unpaired) electrons. The Kier molecular flexibility index (Phi) is 1.86. The molecule has 2 nitrogen and oxygen atoms in total. The van der Waals surface area contributed by atoms with Crippen LogP contribution in [-0.2, 0) is 4.79 Å². The van der Waals surface area contributed by atoms with Gasteiger partial charge in [0.15, 0.2) is 5.78 Å². The first-order valence-electron chi connectivity index (χ1n) is 3.34. The van der Waals surface area contributed by atoms with Crippen LogP contribution in [0.4, 0.5) is 0 Å². The molecule has 1 aliphatic carbocycles. The zero-order valence-electron chi connectivity index (χ0n) is 5.87. The second kappa shape index (κ2) is 2.66. The zero-order valence-corrected chi connectivity index (χ0v) is 5.87. The summed E-state index contributed by atoms with van der Waals surface area (Å²) in [6, 6.07) is 2.11. The highest BCUT2D eigenvalue weighted by molar-refractivity contribution is 5.90. The van der Waals surface area contributed by atoms with E-state index < -0.39 is 0 Å². The Bertz CT molecular complexity index is 212. The van der Waals surface area contributed by atoms with Gasteiger partial charge in [0.1, 0.15) is 0 Å². The van der Waals surface area contributed by atoms with Crippen LogP contribution in [0.25, 0.3) is 0 Å². The monoisotopic (exact) mass is 135 g/mol. The molecule has 1 aliphatic rings. The van der Waals surface area contributed by atoms with Gasteiger partial charge in [0.05, 0.1) is 12.0 Å². The van der Waals surface area contributed by atoms with Gasteiger partial charge >= 0.3 is 0 Å². The fourth-order valence-electron chi connectivity index (χ4n) is 1.03. The molecule has 0 aromatic carbocycles. The van der Waals surface area contributed by atoms with Gasteiger partial charge in [-0.15, -0.1) is 0 Å². The van der Waals surface area contributed by atoms with Crippen molar-refractivity contribution in [1.29, 1.82) is 5.26 Å². The van der Waals surface area contributed by atoms with E-state index in [4.69, 9.17) is 5.26 Å². The Balaban J connectivity index is 2.73. The number of nitrogens with zero attached hydrogens (tertiary/aromatic N) is 1. The van der Waals surface area contributed by atoms with Crippen LogP contribution >= 0.6 is 0 Å². The SMILES string of the molecule is CC1C=CC(=O)CC1C#N. The molecule has 0 heterocycles. The van der Waals surface area contributed by atoms with Gasteiger partial charge in [0.25, 0.3) is 0 Å². The minimum Gasteiger partial charge on any atom is -0.295 e. The molecule has 0 bridgehead atoms. The van der Waals surface area contributed by atoms with Gasteiger partial charge in [-0.3, -0.25) is 4.79 Å². The van der Waals surface area contributed by atoms with Crippen molar-refractivity contribution in [3.8, 4) is 6.07 Å². The van der Waals surface area contributed by atoms with Gasteiger partial charge in [0, 0.05) is 6.42 Å². The quantitative estimate of drug-likeness (QED) is 0.502. The van der Waals surface area contributed by atoms with E-state index in [9.17, 15) is 4.79 Å². The second-order valence-electron chi connectivity index (χ2n) is 2.62. The predicted molar refractivity (Wildman–Crippen MR) is 37.0 cm³/mol. The van der Waals surface area contributed by atoms with Crippen LogP contribution in [0.3, 0.4) is 0 Å². The fourth-order valence-corrected chi connectivity index (χ4v) is 1.03. The molecule has 2 unspecified atom stereocenters. The highest BCUT2D eigenvalue weighted by Crippen LogP contribution is 2.20. The maximum Gasteiger partial charge on any atom is 0.156 e. The molecule has 2 atom stereocenters. The third-order valence-electron chi connectivity index (χ3n) is 1.81. The number of carbonyl (C=O) groups is 1. The summed E-state index contributed by atoms with van der Waals surface area (Å²) < 4.78 is 0. The number of nitriles is 1. The van der Waals surface area contributed by atoms with Crippen LogP contribution in [0.15, 0.2) is 12.2 Å². The van der Waals surface area contributed by atoms with Crippen molar-refractivity contribution in [3.05, 3.63) is 12.2 Å². The number of rotatable bonds is 0. The summed E-state index contributed by atoms with van der Waals surface area (Å²) in [4.78, 5) is 10.7. The Hall–Kier alpha value is -1.10. The van der Waals surface area contributed by atoms with E-state index in [1.54, 1.807) is 12.2 Å². The van der Waals surface area contributed by atoms with Gasteiger partial charge in [-0.1, -0.05) is 13.0 Å². The average molecular weight is 135 g/mol. The molecule has 0 fully saturated rings. The molecule has 0 aromatic rings. The maximum absolute atomic E-state index is 10.7. The Morgan fingerprint density at radius 3 is 3.00 bits per heavy atom. The van der Waals surface area contributed by atoms with E-state index in [2.05, 4.69) is 6.07 Å². The standard InChI is InChI=1S/C8H9NO/c1-6-2-3-8(10)4-7(6)5-9/h2-3,6-7H,4H2,1H3. The lowest BCUT2D eigenvalue weighted by Gasteiger charge is -2.15. The predicted octanol–water partition coefficient (Wildman–Crippen LogP) is 1.29. The number of allylic oxidation sites excluding steroid dienone is 2. The summed E-state index contributed by atoms with van der Waals surface area (Å²) in [6.45, 7) is 1.96. The number of ketones is 1. The largest absolute Gasteiger partial charge is 0.295 e. The lowest BCUT2D eigenvalue weighted by Crippen LogP contribution is -2.16. The summed E-state index contributed by atoms with van der Waals surface area (Å²) >= 11 is 0. The van der Waals surface area contributed by atoms with E-state index in [1.807, 2.05) is 6.92 Å². The molecule has 10 heavy (non-hydrogen) atoms. The van der Waals surface area contributed by atoms with Gasteiger partial charge in [-0.05, 0) is 12.0 Å². The Morgan fingerprint density at radius 2 is 2.50 bits per heavy atom. The molecule has 0 aliphatic heterocycles. The first-order valence-corrected chi connectivity index (χ1v) is 3.34. The summed E-state index contributed by atoms with van der Waals surface area (Å²) in [6.07, 6.45) is 3.77. The van der Waals surface area contributed by atoms with Crippen LogP contribution in [0, 0.1) is 23.2 Å².